The largest absolute Gasteiger partial charge is 0.312 e. The van der Waals surface area contributed by atoms with Crippen LogP contribution in [0, 0.1) is 6.92 Å². The molecule has 0 aliphatic carbocycles. The minimum absolute atomic E-state index is 0.0621. The van der Waals surface area contributed by atoms with Crippen LogP contribution < -0.4 is 4.90 Å². The van der Waals surface area contributed by atoms with E-state index < -0.39 is 9.84 Å². The first-order chi connectivity index (χ1) is 8.88. The van der Waals surface area contributed by atoms with Gasteiger partial charge < -0.3 is 4.90 Å². The summed E-state index contributed by atoms with van der Waals surface area (Å²) in [5.41, 5.74) is 3.23. The van der Waals surface area contributed by atoms with E-state index in [-0.39, 0.29) is 18.1 Å². The number of aryl methyl sites for hydroxylation is 2. The Kier molecular flexibility index (Phi) is 3.94. The molecule has 1 aromatic rings. The van der Waals surface area contributed by atoms with E-state index in [4.69, 9.17) is 0 Å². The third-order valence-corrected chi connectivity index (χ3v) is 4.35. The fraction of sp³-hybridized carbons (Fsp3) is 0.500. The topological polar surface area (TPSA) is 54.5 Å². The molecular weight excluding hydrogens is 262 g/mol. The lowest BCUT2D eigenvalue weighted by Gasteiger charge is -2.31. The normalized spacial score (nSPS) is 15.2. The molecule has 1 amide bonds. The number of sulfone groups is 1. The van der Waals surface area contributed by atoms with Crippen molar-refractivity contribution in [2.24, 2.45) is 0 Å². The second-order valence-electron chi connectivity index (χ2n) is 5.11. The highest BCUT2D eigenvalue weighted by Gasteiger charge is 2.24. The lowest BCUT2D eigenvalue weighted by Crippen LogP contribution is -2.36. The third kappa shape index (κ3) is 3.35. The molecule has 0 saturated carbocycles. The predicted molar refractivity (Wildman–Crippen MR) is 76.2 cm³/mol. The second kappa shape index (κ2) is 5.33. The number of anilines is 1. The van der Waals surface area contributed by atoms with Crippen molar-refractivity contribution < 1.29 is 13.2 Å². The molecule has 0 radical (unpaired) electrons. The van der Waals surface area contributed by atoms with E-state index in [2.05, 4.69) is 0 Å². The van der Waals surface area contributed by atoms with Gasteiger partial charge in [-0.05, 0) is 30.9 Å². The number of hydrogen-bond donors (Lipinski definition) is 0. The van der Waals surface area contributed by atoms with Crippen molar-refractivity contribution in [2.45, 2.75) is 26.2 Å². The summed E-state index contributed by atoms with van der Waals surface area (Å²) in [6.45, 7) is 2.67. The zero-order chi connectivity index (χ0) is 14.0. The maximum Gasteiger partial charge on any atom is 0.228 e. The van der Waals surface area contributed by atoms with Crippen molar-refractivity contribution in [3.63, 3.8) is 0 Å². The average molecular weight is 281 g/mol. The van der Waals surface area contributed by atoms with Gasteiger partial charge in [-0.15, -0.1) is 0 Å². The summed E-state index contributed by atoms with van der Waals surface area (Å²) in [5, 5.41) is 0. The van der Waals surface area contributed by atoms with Crippen LogP contribution in [-0.2, 0) is 21.1 Å². The molecule has 1 aromatic carbocycles. The number of para-hydroxylation sites is 1. The van der Waals surface area contributed by atoms with Crippen LogP contribution in [0.2, 0.25) is 0 Å². The first kappa shape index (κ1) is 14.1. The van der Waals surface area contributed by atoms with Gasteiger partial charge in [0.05, 0.1) is 5.75 Å². The first-order valence-corrected chi connectivity index (χ1v) is 8.51. The van der Waals surface area contributed by atoms with Crippen LogP contribution in [0.1, 0.15) is 24.0 Å². The predicted octanol–water partition coefficient (Wildman–Crippen LogP) is 1.71. The Balaban J connectivity index is 2.22. The van der Waals surface area contributed by atoms with Crippen molar-refractivity contribution in [1.29, 1.82) is 0 Å². The monoisotopic (exact) mass is 281 g/mol. The molecule has 104 valence electrons. The van der Waals surface area contributed by atoms with Gasteiger partial charge in [0.1, 0.15) is 9.84 Å². The highest BCUT2D eigenvalue weighted by atomic mass is 32.2. The number of carbonyl (C=O) groups is 1. The second-order valence-corrected chi connectivity index (χ2v) is 7.37. The lowest BCUT2D eigenvalue weighted by atomic mass is 9.98. The highest BCUT2D eigenvalue weighted by Crippen LogP contribution is 2.30. The minimum atomic E-state index is -3.09. The summed E-state index contributed by atoms with van der Waals surface area (Å²) < 4.78 is 22.3. The van der Waals surface area contributed by atoms with Crippen LogP contribution in [0.25, 0.3) is 0 Å². The van der Waals surface area contributed by atoms with E-state index in [1.165, 1.54) is 5.56 Å². The number of hydrogen-bond acceptors (Lipinski definition) is 3. The van der Waals surface area contributed by atoms with E-state index in [9.17, 15) is 13.2 Å². The maximum atomic E-state index is 12.2. The number of nitrogens with zero attached hydrogens (tertiary/aromatic N) is 1. The molecule has 1 heterocycles. The summed E-state index contributed by atoms with van der Waals surface area (Å²) in [6.07, 6.45) is 3.14. The molecule has 0 spiro atoms. The summed E-state index contributed by atoms with van der Waals surface area (Å²) in [6, 6.07) is 6.03. The highest BCUT2D eigenvalue weighted by molar-refractivity contribution is 7.90. The number of amides is 1. The molecule has 0 saturated heterocycles. The van der Waals surface area contributed by atoms with E-state index in [1.807, 2.05) is 25.1 Å². The Labute approximate surface area is 114 Å². The lowest BCUT2D eigenvalue weighted by molar-refractivity contribution is -0.118. The summed E-state index contributed by atoms with van der Waals surface area (Å²) in [7, 11) is -3.09. The van der Waals surface area contributed by atoms with Crippen molar-refractivity contribution in [3.05, 3.63) is 29.3 Å². The molecule has 0 N–H and O–H groups in total. The van der Waals surface area contributed by atoms with Gasteiger partial charge in [-0.2, -0.15) is 0 Å². The molecule has 5 heteroatoms. The van der Waals surface area contributed by atoms with Crippen molar-refractivity contribution in [1.82, 2.24) is 0 Å². The Morgan fingerprint density at radius 3 is 2.79 bits per heavy atom. The van der Waals surface area contributed by atoms with Crippen molar-refractivity contribution >= 4 is 21.4 Å². The van der Waals surface area contributed by atoms with E-state index in [1.54, 1.807) is 4.90 Å². The number of fused-ring (bicyclic) bond motifs is 1. The van der Waals surface area contributed by atoms with Gasteiger partial charge in [-0.3, -0.25) is 4.79 Å². The van der Waals surface area contributed by atoms with Gasteiger partial charge in [0.2, 0.25) is 5.91 Å². The smallest absolute Gasteiger partial charge is 0.228 e. The molecule has 19 heavy (non-hydrogen) atoms. The van der Waals surface area contributed by atoms with Crippen LogP contribution >= 0.6 is 0 Å². The molecule has 1 aliphatic rings. The Hall–Kier alpha value is -1.36. The van der Waals surface area contributed by atoms with Crippen molar-refractivity contribution in [3.8, 4) is 0 Å². The Bertz CT molecular complexity index is 593. The summed E-state index contributed by atoms with van der Waals surface area (Å²) >= 11 is 0. The van der Waals surface area contributed by atoms with Gasteiger partial charge >= 0.3 is 0 Å². The molecule has 4 nitrogen and oxygen atoms in total. The van der Waals surface area contributed by atoms with E-state index in [0.717, 1.165) is 30.3 Å². The fourth-order valence-electron chi connectivity index (χ4n) is 2.50. The molecule has 2 rings (SSSR count). The molecule has 1 aliphatic heterocycles. The van der Waals surface area contributed by atoms with Gasteiger partial charge in [0, 0.05) is 24.9 Å². The SMILES string of the molecule is Cc1cccc2c1N(C(=O)CCS(C)(=O)=O)CCC2. The summed E-state index contributed by atoms with van der Waals surface area (Å²) in [5.74, 6) is -0.176. The molecule has 0 unspecified atom stereocenters. The van der Waals surface area contributed by atoms with Gasteiger partial charge in [0.15, 0.2) is 0 Å². The van der Waals surface area contributed by atoms with Gasteiger partial charge in [-0.25, -0.2) is 8.42 Å². The average Bonchev–Trinajstić information content (AvgIpc) is 2.35. The van der Waals surface area contributed by atoms with Crippen LogP contribution in [0.3, 0.4) is 0 Å². The fourth-order valence-corrected chi connectivity index (χ4v) is 3.05. The Morgan fingerprint density at radius 1 is 1.37 bits per heavy atom. The van der Waals surface area contributed by atoms with E-state index in [0.29, 0.717) is 6.54 Å². The first-order valence-electron chi connectivity index (χ1n) is 6.45. The standard InChI is InChI=1S/C14H19NO3S/c1-11-5-3-6-12-7-4-9-15(14(11)12)13(16)8-10-19(2,17)18/h3,5-6H,4,7-10H2,1-2H3. The van der Waals surface area contributed by atoms with Crippen molar-refractivity contribution in [2.75, 3.05) is 23.5 Å². The number of rotatable bonds is 3. The zero-order valence-corrected chi connectivity index (χ0v) is 12.2. The summed E-state index contributed by atoms with van der Waals surface area (Å²) in [4.78, 5) is 14.0. The minimum Gasteiger partial charge on any atom is -0.312 e. The molecule has 0 aromatic heterocycles. The van der Waals surface area contributed by atoms with E-state index >= 15 is 0 Å². The molecule has 0 fully saturated rings. The number of carbonyl (C=O) groups excluding carboxylic acids is 1. The number of benzene rings is 1. The maximum absolute atomic E-state index is 12.2. The van der Waals surface area contributed by atoms with Crippen LogP contribution in [0.4, 0.5) is 5.69 Å². The Morgan fingerprint density at radius 2 is 2.11 bits per heavy atom. The molecule has 0 atom stereocenters. The van der Waals surface area contributed by atoms with Crippen LogP contribution in [0.5, 0.6) is 0 Å². The van der Waals surface area contributed by atoms with Crippen LogP contribution in [-0.4, -0.2) is 32.9 Å². The van der Waals surface area contributed by atoms with Gasteiger partial charge in [-0.1, -0.05) is 18.2 Å². The van der Waals surface area contributed by atoms with Gasteiger partial charge in [0.25, 0.3) is 0 Å². The zero-order valence-electron chi connectivity index (χ0n) is 11.3. The third-order valence-electron chi connectivity index (χ3n) is 3.41. The molecular formula is C14H19NO3S. The van der Waals surface area contributed by atoms with Crippen LogP contribution in [0.15, 0.2) is 18.2 Å². The molecule has 0 bridgehead atoms. The quantitative estimate of drug-likeness (QED) is 0.847.